The summed E-state index contributed by atoms with van der Waals surface area (Å²) in [7, 11) is 0. The maximum Gasteiger partial charge on any atom is 0.323 e. The fraction of sp³-hybridized carbons (Fsp3) is 0.471. The van der Waals surface area contributed by atoms with Crippen LogP contribution in [0, 0.1) is 0 Å². The van der Waals surface area contributed by atoms with Crippen LogP contribution in [0.2, 0.25) is 0 Å². The van der Waals surface area contributed by atoms with Crippen molar-refractivity contribution in [3.05, 3.63) is 34.2 Å². The van der Waals surface area contributed by atoms with E-state index in [2.05, 4.69) is 25.4 Å². The molecule has 128 valence electrons. The molecule has 3 N–H and O–H groups in total. The molecule has 1 amide bonds. The lowest BCUT2D eigenvalue weighted by Gasteiger charge is -2.25. The van der Waals surface area contributed by atoms with Crippen molar-refractivity contribution in [3.63, 3.8) is 0 Å². The first kappa shape index (κ1) is 16.4. The highest BCUT2D eigenvalue weighted by atomic mass is 16.2. The van der Waals surface area contributed by atoms with Gasteiger partial charge in [-0.3, -0.25) is 4.79 Å². The molecule has 1 fully saturated rings. The van der Waals surface area contributed by atoms with Crippen LogP contribution in [0.15, 0.2) is 28.1 Å². The van der Waals surface area contributed by atoms with Crippen LogP contribution in [0.5, 0.6) is 0 Å². The molecular formula is C17H23N5O2. The normalized spacial score (nSPS) is 16.5. The number of nitrogens with zero attached hydrogens (tertiary/aromatic N) is 2. The number of hydrazone groups is 1. The number of amides is 1. The quantitative estimate of drug-likeness (QED) is 0.574. The number of nitrogens with one attached hydrogen (secondary N) is 3. The molecule has 0 aliphatic carbocycles. The lowest BCUT2D eigenvalue weighted by Crippen LogP contribution is -2.33. The summed E-state index contributed by atoms with van der Waals surface area (Å²) in [6.45, 7) is 4.79. The highest BCUT2D eigenvalue weighted by Gasteiger charge is 2.11. The number of likely N-dealkylation sites (tertiary alicyclic amines) is 1. The van der Waals surface area contributed by atoms with Crippen LogP contribution in [0.1, 0.15) is 38.2 Å². The molecule has 0 saturated carbocycles. The summed E-state index contributed by atoms with van der Waals surface area (Å²) in [6, 6.07) is 5.52. The second-order valence-electron chi connectivity index (χ2n) is 6.22. The van der Waals surface area contributed by atoms with Gasteiger partial charge in [0.1, 0.15) is 0 Å². The van der Waals surface area contributed by atoms with Gasteiger partial charge in [0, 0.05) is 13.0 Å². The van der Waals surface area contributed by atoms with Gasteiger partial charge < -0.3 is 14.9 Å². The van der Waals surface area contributed by atoms with Gasteiger partial charge in [0.2, 0.25) is 5.91 Å². The van der Waals surface area contributed by atoms with Crippen LogP contribution in [-0.4, -0.2) is 46.1 Å². The number of aromatic nitrogens is 2. The van der Waals surface area contributed by atoms with Crippen LogP contribution < -0.4 is 11.1 Å². The Morgan fingerprint density at radius 3 is 2.75 bits per heavy atom. The molecule has 1 aromatic heterocycles. The average molecular weight is 329 g/mol. The second-order valence-corrected chi connectivity index (χ2v) is 6.22. The maximum absolute atomic E-state index is 11.9. The standard InChI is InChI=1S/C17H23N5O2/c1-12(13-5-6-14-15(11-13)19-17(24)18-14)20-21-16(23)7-10-22-8-3-2-4-9-22/h5-6,11H,2-4,7-10H2,1H3,(H,21,23)(H2,18,19,24)/b20-12+. The van der Waals surface area contributed by atoms with Crippen LogP contribution in [0.25, 0.3) is 11.0 Å². The van der Waals surface area contributed by atoms with E-state index in [4.69, 9.17) is 0 Å². The molecule has 2 heterocycles. The van der Waals surface area contributed by atoms with Gasteiger partial charge in [0.15, 0.2) is 0 Å². The number of hydrogen-bond acceptors (Lipinski definition) is 4. The van der Waals surface area contributed by atoms with Crippen LogP contribution in [0.4, 0.5) is 0 Å². The SMILES string of the molecule is C/C(=N\NC(=O)CCN1CCCCC1)c1ccc2[nH]c(=O)[nH]c2c1. The number of aromatic amines is 2. The smallest absolute Gasteiger partial charge is 0.306 e. The van der Waals surface area contributed by atoms with E-state index < -0.39 is 0 Å². The van der Waals surface area contributed by atoms with Crippen LogP contribution in [-0.2, 0) is 4.79 Å². The van der Waals surface area contributed by atoms with E-state index in [1.54, 1.807) is 0 Å². The van der Waals surface area contributed by atoms with Crippen molar-refractivity contribution in [2.45, 2.75) is 32.6 Å². The van der Waals surface area contributed by atoms with E-state index in [1.165, 1.54) is 19.3 Å². The van der Waals surface area contributed by atoms with Crippen molar-refractivity contribution >= 4 is 22.7 Å². The molecule has 0 radical (unpaired) electrons. The van der Waals surface area contributed by atoms with E-state index in [-0.39, 0.29) is 11.6 Å². The number of hydrogen-bond donors (Lipinski definition) is 3. The van der Waals surface area contributed by atoms with Crippen molar-refractivity contribution in [2.75, 3.05) is 19.6 Å². The molecule has 7 heteroatoms. The third-order valence-corrected chi connectivity index (χ3v) is 4.39. The maximum atomic E-state index is 11.9. The summed E-state index contributed by atoms with van der Waals surface area (Å²) >= 11 is 0. The van der Waals surface area contributed by atoms with Crippen molar-refractivity contribution in [1.29, 1.82) is 0 Å². The molecule has 0 bridgehead atoms. The Morgan fingerprint density at radius 2 is 1.96 bits per heavy atom. The zero-order valence-corrected chi connectivity index (χ0v) is 13.9. The van der Waals surface area contributed by atoms with Gasteiger partial charge >= 0.3 is 5.69 Å². The van der Waals surface area contributed by atoms with Crippen molar-refractivity contribution in [3.8, 4) is 0 Å². The molecule has 24 heavy (non-hydrogen) atoms. The minimum Gasteiger partial charge on any atom is -0.306 e. The fourth-order valence-electron chi connectivity index (χ4n) is 2.97. The Bertz CT molecular complexity index is 799. The Labute approximate surface area is 140 Å². The number of imidazole rings is 1. The van der Waals surface area contributed by atoms with E-state index >= 15 is 0 Å². The molecule has 7 nitrogen and oxygen atoms in total. The minimum absolute atomic E-state index is 0.0731. The summed E-state index contributed by atoms with van der Waals surface area (Å²) in [6.07, 6.45) is 4.20. The number of H-pyrrole nitrogens is 2. The number of carbonyl (C=O) groups excluding carboxylic acids is 1. The molecule has 1 saturated heterocycles. The Hall–Kier alpha value is -2.41. The van der Waals surface area contributed by atoms with Crippen molar-refractivity contribution in [2.24, 2.45) is 5.10 Å². The number of carbonyl (C=O) groups is 1. The number of fused-ring (bicyclic) bond motifs is 1. The summed E-state index contributed by atoms with van der Waals surface area (Å²) in [4.78, 5) is 31.0. The van der Waals surface area contributed by atoms with Gasteiger partial charge in [-0.25, -0.2) is 10.2 Å². The summed E-state index contributed by atoms with van der Waals surface area (Å²) in [5, 5.41) is 4.17. The second kappa shape index (κ2) is 7.44. The van der Waals surface area contributed by atoms with Gasteiger partial charge in [-0.05, 0) is 50.6 Å². The largest absolute Gasteiger partial charge is 0.323 e. The Balaban J connectivity index is 1.55. The van der Waals surface area contributed by atoms with Gasteiger partial charge in [-0.15, -0.1) is 0 Å². The molecule has 1 aliphatic rings. The molecule has 0 atom stereocenters. The summed E-state index contributed by atoms with van der Waals surface area (Å²) in [5.41, 5.74) is 5.42. The molecule has 0 spiro atoms. The highest BCUT2D eigenvalue weighted by molar-refractivity contribution is 6.01. The summed E-state index contributed by atoms with van der Waals surface area (Å²) in [5.74, 6) is -0.0731. The predicted molar refractivity (Wildman–Crippen MR) is 94.2 cm³/mol. The zero-order chi connectivity index (χ0) is 16.9. The molecule has 3 rings (SSSR count). The third kappa shape index (κ3) is 4.11. The molecule has 2 aromatic rings. The van der Waals surface area contributed by atoms with Gasteiger partial charge in [-0.1, -0.05) is 12.5 Å². The lowest BCUT2D eigenvalue weighted by atomic mass is 10.1. The van der Waals surface area contributed by atoms with Crippen LogP contribution in [0.3, 0.4) is 0 Å². The van der Waals surface area contributed by atoms with E-state index in [0.717, 1.165) is 36.2 Å². The van der Waals surface area contributed by atoms with Crippen LogP contribution >= 0.6 is 0 Å². The first-order chi connectivity index (χ1) is 11.6. The molecule has 1 aromatic carbocycles. The monoisotopic (exact) mass is 329 g/mol. The highest BCUT2D eigenvalue weighted by Crippen LogP contribution is 2.11. The third-order valence-electron chi connectivity index (χ3n) is 4.39. The van der Waals surface area contributed by atoms with Gasteiger partial charge in [-0.2, -0.15) is 5.10 Å². The first-order valence-corrected chi connectivity index (χ1v) is 8.40. The molecular weight excluding hydrogens is 306 g/mol. The van der Waals surface area contributed by atoms with Crippen molar-refractivity contribution in [1.82, 2.24) is 20.3 Å². The predicted octanol–water partition coefficient (Wildman–Crippen LogP) is 1.57. The van der Waals surface area contributed by atoms with E-state index in [1.807, 2.05) is 25.1 Å². The number of benzene rings is 1. The van der Waals surface area contributed by atoms with Gasteiger partial charge in [0.05, 0.1) is 16.7 Å². The topological polar surface area (TPSA) is 93.3 Å². The Kier molecular flexibility index (Phi) is 5.10. The number of piperidine rings is 1. The van der Waals surface area contributed by atoms with E-state index in [0.29, 0.717) is 12.1 Å². The van der Waals surface area contributed by atoms with E-state index in [9.17, 15) is 9.59 Å². The lowest BCUT2D eigenvalue weighted by molar-refractivity contribution is -0.121. The van der Waals surface area contributed by atoms with Crippen molar-refractivity contribution < 1.29 is 4.79 Å². The minimum atomic E-state index is -0.234. The zero-order valence-electron chi connectivity index (χ0n) is 13.9. The average Bonchev–Trinajstić information content (AvgIpc) is 2.97. The fourth-order valence-corrected chi connectivity index (χ4v) is 2.97. The summed E-state index contributed by atoms with van der Waals surface area (Å²) < 4.78 is 0. The molecule has 0 unspecified atom stereocenters. The first-order valence-electron chi connectivity index (χ1n) is 8.40. The van der Waals surface area contributed by atoms with Gasteiger partial charge in [0.25, 0.3) is 0 Å². The molecule has 1 aliphatic heterocycles. The number of rotatable bonds is 5. The Morgan fingerprint density at radius 1 is 1.21 bits per heavy atom.